The molecule has 0 aliphatic carbocycles. The Labute approximate surface area is 126 Å². The minimum Gasteiger partial charge on any atom is -0.495 e. The van der Waals surface area contributed by atoms with Crippen molar-refractivity contribution in [2.24, 2.45) is 0 Å². The summed E-state index contributed by atoms with van der Waals surface area (Å²) in [6, 6.07) is 4.02. The van der Waals surface area contributed by atoms with Crippen molar-refractivity contribution in [1.82, 2.24) is 4.98 Å². The van der Waals surface area contributed by atoms with Crippen LogP contribution in [0.25, 0.3) is 20.9 Å². The minimum absolute atomic E-state index is 0.0388. The van der Waals surface area contributed by atoms with E-state index in [1.165, 1.54) is 0 Å². The van der Waals surface area contributed by atoms with Gasteiger partial charge >= 0.3 is 0 Å². The molecule has 2 aromatic heterocycles. The number of methoxy groups -OCH3 is 2. The highest BCUT2D eigenvalue weighted by molar-refractivity contribution is 7.20. The Morgan fingerprint density at radius 2 is 1.90 bits per heavy atom. The van der Waals surface area contributed by atoms with E-state index in [0.29, 0.717) is 0 Å². The molecule has 0 radical (unpaired) electrons. The third-order valence-electron chi connectivity index (χ3n) is 3.31. The van der Waals surface area contributed by atoms with Crippen LogP contribution in [0.15, 0.2) is 24.5 Å². The average Bonchev–Trinajstić information content (AvgIpc) is 2.89. The van der Waals surface area contributed by atoms with Gasteiger partial charge in [0.15, 0.2) is 0 Å². The number of alkyl halides is 1. The van der Waals surface area contributed by atoms with Crippen molar-refractivity contribution in [2.75, 3.05) is 14.2 Å². The van der Waals surface area contributed by atoms with E-state index in [4.69, 9.17) is 21.1 Å². The van der Waals surface area contributed by atoms with E-state index in [9.17, 15) is 0 Å². The second-order valence-electron chi connectivity index (χ2n) is 4.50. The van der Waals surface area contributed by atoms with Crippen LogP contribution in [0.4, 0.5) is 0 Å². The molecule has 0 fully saturated rings. The maximum atomic E-state index is 6.21. The van der Waals surface area contributed by atoms with Crippen molar-refractivity contribution >= 4 is 43.8 Å². The van der Waals surface area contributed by atoms with Gasteiger partial charge in [-0.1, -0.05) is 0 Å². The third-order valence-corrected chi connectivity index (χ3v) is 4.99. The lowest BCUT2D eigenvalue weighted by atomic mass is 10.1. The zero-order valence-electron chi connectivity index (χ0n) is 11.4. The number of fused-ring (bicyclic) bond motifs is 2. The maximum absolute atomic E-state index is 6.21. The Balaban J connectivity index is 2.51. The van der Waals surface area contributed by atoms with Crippen molar-refractivity contribution in [3.05, 3.63) is 29.4 Å². The molecule has 0 saturated carbocycles. The number of pyridine rings is 1. The van der Waals surface area contributed by atoms with Gasteiger partial charge in [0.25, 0.3) is 0 Å². The van der Waals surface area contributed by atoms with Gasteiger partial charge in [-0.25, -0.2) is 0 Å². The molecule has 0 saturated heterocycles. The summed E-state index contributed by atoms with van der Waals surface area (Å²) in [5.41, 5.74) is 0. The van der Waals surface area contributed by atoms with E-state index < -0.39 is 0 Å². The molecule has 0 spiro atoms. The smallest absolute Gasteiger partial charge is 0.144 e. The van der Waals surface area contributed by atoms with Crippen molar-refractivity contribution in [1.29, 1.82) is 0 Å². The Hall–Kier alpha value is -1.52. The fraction of sp³-hybridized carbons (Fsp3) is 0.267. The number of benzene rings is 1. The first-order valence-electron chi connectivity index (χ1n) is 6.22. The fourth-order valence-electron chi connectivity index (χ4n) is 2.41. The molecule has 3 aromatic rings. The summed E-state index contributed by atoms with van der Waals surface area (Å²) < 4.78 is 12.3. The molecule has 0 amide bonds. The molecule has 0 N–H and O–H groups in total. The third kappa shape index (κ3) is 1.91. The lowest BCUT2D eigenvalue weighted by Gasteiger charge is -2.11. The number of rotatable bonds is 3. The van der Waals surface area contributed by atoms with Gasteiger partial charge in [-0.05, 0) is 19.1 Å². The van der Waals surface area contributed by atoms with Crippen LogP contribution in [0.1, 0.15) is 17.2 Å². The van der Waals surface area contributed by atoms with E-state index in [-0.39, 0.29) is 5.38 Å². The number of hydrogen-bond acceptors (Lipinski definition) is 4. The topological polar surface area (TPSA) is 31.4 Å². The summed E-state index contributed by atoms with van der Waals surface area (Å²) in [6.45, 7) is 1.96. The average molecular weight is 308 g/mol. The quantitative estimate of drug-likeness (QED) is 0.653. The highest BCUT2D eigenvalue weighted by Crippen LogP contribution is 2.47. The van der Waals surface area contributed by atoms with Crippen LogP contribution in [-0.4, -0.2) is 19.2 Å². The lowest BCUT2D eigenvalue weighted by Crippen LogP contribution is -1.91. The molecule has 2 heterocycles. The molecule has 5 heteroatoms. The Morgan fingerprint density at radius 1 is 1.15 bits per heavy atom. The molecule has 3 rings (SSSR count). The largest absolute Gasteiger partial charge is 0.495 e. The number of halogens is 1. The molecule has 0 bridgehead atoms. The molecular formula is C15H14ClNO2S. The summed E-state index contributed by atoms with van der Waals surface area (Å²) in [6.07, 6.45) is 3.56. The SMILES string of the molecule is COc1c2cnccc2c(OC)c2sc(C(C)Cl)cc12. The van der Waals surface area contributed by atoms with Crippen LogP contribution < -0.4 is 9.47 Å². The summed E-state index contributed by atoms with van der Waals surface area (Å²) >= 11 is 7.86. The normalized spacial score (nSPS) is 12.8. The monoisotopic (exact) mass is 307 g/mol. The predicted molar refractivity (Wildman–Crippen MR) is 84.5 cm³/mol. The molecule has 1 atom stereocenters. The van der Waals surface area contributed by atoms with E-state index in [1.807, 2.05) is 13.0 Å². The molecule has 20 heavy (non-hydrogen) atoms. The summed E-state index contributed by atoms with van der Waals surface area (Å²) in [5.74, 6) is 1.68. The van der Waals surface area contributed by atoms with E-state index in [2.05, 4.69) is 11.1 Å². The second-order valence-corrected chi connectivity index (χ2v) is 6.23. The van der Waals surface area contributed by atoms with Gasteiger partial charge in [0, 0.05) is 33.4 Å². The molecule has 3 nitrogen and oxygen atoms in total. The van der Waals surface area contributed by atoms with Gasteiger partial charge in [0.1, 0.15) is 11.5 Å². The maximum Gasteiger partial charge on any atom is 0.144 e. The van der Waals surface area contributed by atoms with Crippen LogP contribution in [-0.2, 0) is 0 Å². The Kier molecular flexibility index (Phi) is 3.44. The van der Waals surface area contributed by atoms with Gasteiger partial charge in [0.05, 0.1) is 24.3 Å². The molecular weight excluding hydrogens is 294 g/mol. The van der Waals surface area contributed by atoms with Crippen LogP contribution in [0.5, 0.6) is 11.5 Å². The first-order valence-corrected chi connectivity index (χ1v) is 7.47. The Morgan fingerprint density at radius 3 is 2.55 bits per heavy atom. The van der Waals surface area contributed by atoms with E-state index in [0.717, 1.165) is 37.2 Å². The highest BCUT2D eigenvalue weighted by Gasteiger charge is 2.19. The number of ether oxygens (including phenoxy) is 2. The van der Waals surface area contributed by atoms with Gasteiger partial charge in [-0.3, -0.25) is 4.98 Å². The molecule has 0 aliphatic heterocycles. The van der Waals surface area contributed by atoms with Crippen LogP contribution in [0.3, 0.4) is 0 Å². The summed E-state index contributed by atoms with van der Waals surface area (Å²) in [7, 11) is 3.36. The van der Waals surface area contributed by atoms with Crippen LogP contribution in [0, 0.1) is 0 Å². The van der Waals surface area contributed by atoms with Crippen LogP contribution >= 0.6 is 22.9 Å². The van der Waals surface area contributed by atoms with Crippen LogP contribution in [0.2, 0.25) is 0 Å². The first-order chi connectivity index (χ1) is 9.67. The van der Waals surface area contributed by atoms with E-state index >= 15 is 0 Å². The number of thiophene rings is 1. The van der Waals surface area contributed by atoms with Crippen molar-refractivity contribution in [3.63, 3.8) is 0 Å². The van der Waals surface area contributed by atoms with Gasteiger partial charge in [-0.2, -0.15) is 0 Å². The van der Waals surface area contributed by atoms with Crippen molar-refractivity contribution in [3.8, 4) is 11.5 Å². The zero-order chi connectivity index (χ0) is 14.3. The zero-order valence-corrected chi connectivity index (χ0v) is 13.0. The highest BCUT2D eigenvalue weighted by atomic mass is 35.5. The van der Waals surface area contributed by atoms with E-state index in [1.54, 1.807) is 38.0 Å². The van der Waals surface area contributed by atoms with Crippen molar-refractivity contribution < 1.29 is 9.47 Å². The fourth-order valence-corrected chi connectivity index (χ4v) is 3.73. The lowest BCUT2D eigenvalue weighted by molar-refractivity contribution is 0.418. The minimum atomic E-state index is -0.0388. The molecule has 0 aliphatic rings. The molecule has 1 unspecified atom stereocenters. The molecule has 1 aromatic carbocycles. The summed E-state index contributed by atoms with van der Waals surface area (Å²) in [4.78, 5) is 5.29. The first kappa shape index (κ1) is 13.5. The standard InChI is InChI=1S/C15H14ClNO2S/c1-8(16)12-6-10-13(18-2)11-7-17-5-4-9(11)14(19-3)15(10)20-12/h4-8H,1-3H3. The van der Waals surface area contributed by atoms with Gasteiger partial charge in [-0.15, -0.1) is 22.9 Å². The van der Waals surface area contributed by atoms with Crippen molar-refractivity contribution in [2.45, 2.75) is 12.3 Å². The number of aromatic nitrogens is 1. The number of hydrogen-bond donors (Lipinski definition) is 0. The number of nitrogens with zero attached hydrogens (tertiary/aromatic N) is 1. The molecule has 104 valence electrons. The predicted octanol–water partition coefficient (Wildman–Crippen LogP) is 4.77. The summed E-state index contributed by atoms with van der Waals surface area (Å²) in [5, 5.41) is 2.94. The Bertz CT molecular complexity index is 722. The second kappa shape index (κ2) is 5.11. The van der Waals surface area contributed by atoms with Gasteiger partial charge < -0.3 is 9.47 Å². The van der Waals surface area contributed by atoms with Gasteiger partial charge in [0.2, 0.25) is 0 Å².